The van der Waals surface area contributed by atoms with Crippen LogP contribution >= 0.6 is 0 Å². The Balaban J connectivity index is 1.48. The van der Waals surface area contributed by atoms with Crippen LogP contribution in [0, 0.1) is 5.92 Å². The number of amides is 2. The molecule has 35 heavy (non-hydrogen) atoms. The fourth-order valence-corrected chi connectivity index (χ4v) is 5.69. The lowest BCUT2D eigenvalue weighted by Gasteiger charge is -2.48. The van der Waals surface area contributed by atoms with Crippen molar-refractivity contribution in [2.75, 3.05) is 26.2 Å². The van der Waals surface area contributed by atoms with Gasteiger partial charge in [0.2, 0.25) is 0 Å². The van der Waals surface area contributed by atoms with Crippen LogP contribution in [-0.4, -0.2) is 48.5 Å². The average molecular weight is 489 g/mol. The summed E-state index contributed by atoms with van der Waals surface area (Å²) in [6.45, 7) is 5.50. The van der Waals surface area contributed by atoms with Crippen molar-refractivity contribution in [1.29, 1.82) is 0 Å². The highest BCUT2D eigenvalue weighted by Crippen LogP contribution is 2.33. The number of carbonyl (C=O) groups excluding carboxylic acids is 2. The van der Waals surface area contributed by atoms with Crippen LogP contribution in [0.4, 0.5) is 13.2 Å². The first kappa shape index (κ1) is 25.4. The van der Waals surface area contributed by atoms with Crippen LogP contribution < -0.4 is 10.6 Å². The molecule has 2 amide bonds. The lowest BCUT2D eigenvalue weighted by atomic mass is 9.90. The highest BCUT2D eigenvalue weighted by molar-refractivity contribution is 5.96. The van der Waals surface area contributed by atoms with Crippen LogP contribution in [0.1, 0.15) is 64.4 Å². The van der Waals surface area contributed by atoms with Crippen molar-refractivity contribution in [2.45, 2.75) is 51.4 Å². The van der Waals surface area contributed by atoms with Crippen molar-refractivity contribution in [3.05, 3.63) is 70.8 Å². The summed E-state index contributed by atoms with van der Waals surface area (Å²) in [7, 11) is 0. The Labute approximate surface area is 204 Å². The van der Waals surface area contributed by atoms with E-state index < -0.39 is 17.6 Å². The monoisotopic (exact) mass is 488 g/mol. The summed E-state index contributed by atoms with van der Waals surface area (Å²) in [5.41, 5.74) is 0.139. The topological polar surface area (TPSA) is 58.2 Å². The summed E-state index contributed by atoms with van der Waals surface area (Å²) in [4.78, 5) is 26.5. The van der Waals surface area contributed by atoms with Crippen molar-refractivity contribution in [2.24, 2.45) is 5.92 Å². The van der Waals surface area contributed by atoms with E-state index in [0.29, 0.717) is 27.6 Å². The van der Waals surface area contributed by atoms with Crippen LogP contribution in [0.3, 0.4) is 0 Å². The van der Waals surface area contributed by atoms with Crippen LogP contribution in [0.15, 0.2) is 48.5 Å². The number of rotatable bonds is 5. The van der Waals surface area contributed by atoms with Crippen LogP contribution in [-0.2, 0) is 12.7 Å². The molecule has 0 aliphatic carbocycles. The summed E-state index contributed by atoms with van der Waals surface area (Å²) in [5, 5.41) is 5.96. The quantitative estimate of drug-likeness (QED) is 0.596. The minimum atomic E-state index is -4.48. The Morgan fingerprint density at radius 1 is 1.00 bits per heavy atom. The number of nitrogens with zero attached hydrogens (tertiary/aromatic N) is 1. The van der Waals surface area contributed by atoms with Crippen molar-refractivity contribution < 1.29 is 27.2 Å². The van der Waals surface area contributed by atoms with Gasteiger partial charge in [-0.3, -0.25) is 9.28 Å². The van der Waals surface area contributed by atoms with E-state index in [-0.39, 0.29) is 18.0 Å². The van der Waals surface area contributed by atoms with Gasteiger partial charge in [-0.1, -0.05) is 25.1 Å². The third-order valence-electron chi connectivity index (χ3n) is 7.46. The number of likely N-dealkylation sites (tertiary alicyclic amines) is 1. The maximum absolute atomic E-state index is 13.8. The van der Waals surface area contributed by atoms with Gasteiger partial charge in [0.05, 0.1) is 30.3 Å². The smallest absolute Gasteiger partial charge is 0.348 e. The summed E-state index contributed by atoms with van der Waals surface area (Å²) < 4.78 is 40.1. The van der Waals surface area contributed by atoms with Gasteiger partial charge in [-0.25, -0.2) is 4.79 Å². The number of hydrogen-bond donors (Lipinski definition) is 2. The number of halogens is 3. The molecule has 2 fully saturated rings. The minimum Gasteiger partial charge on any atom is -0.348 e. The second-order valence-electron chi connectivity index (χ2n) is 9.89. The van der Waals surface area contributed by atoms with Gasteiger partial charge in [0.25, 0.3) is 5.91 Å². The Morgan fingerprint density at radius 3 is 2.31 bits per heavy atom. The SMILES string of the molecule is CC1CCC[N+](C(=O)c2ccc(C(=O)NCc3ccccc3C(F)(F)F)cc2)(C2CCNCC2)C1. The van der Waals surface area contributed by atoms with E-state index in [1.165, 1.54) is 18.2 Å². The average Bonchev–Trinajstić information content (AvgIpc) is 2.87. The highest BCUT2D eigenvalue weighted by atomic mass is 19.4. The third kappa shape index (κ3) is 5.59. The molecule has 5 nitrogen and oxygen atoms in total. The van der Waals surface area contributed by atoms with Gasteiger partial charge in [0.15, 0.2) is 0 Å². The van der Waals surface area contributed by atoms with Gasteiger partial charge in [0, 0.05) is 44.0 Å². The molecule has 0 bridgehead atoms. The summed E-state index contributed by atoms with van der Waals surface area (Å²) in [5.74, 6) is 0.108. The van der Waals surface area contributed by atoms with Gasteiger partial charge in [0.1, 0.15) is 0 Å². The number of hydrogen-bond acceptors (Lipinski definition) is 3. The predicted octanol–water partition coefficient (Wildman–Crippen LogP) is 4.77. The standard InChI is InChI=1S/C27H32F3N3O2/c1-19-5-4-16-33(18-19,23-12-14-31-15-13-23)26(35)21-10-8-20(9-11-21)25(34)32-17-22-6-2-3-7-24(22)27(28,29)30/h2-3,6-11,19,23,31H,4-5,12-18H2,1H3/p+1. The van der Waals surface area contributed by atoms with Gasteiger partial charge >= 0.3 is 12.1 Å². The second kappa shape index (κ2) is 10.5. The molecule has 2 atom stereocenters. The Hall–Kier alpha value is -2.71. The molecule has 0 radical (unpaired) electrons. The van der Waals surface area contributed by atoms with Crippen LogP contribution in [0.25, 0.3) is 0 Å². The largest absolute Gasteiger partial charge is 0.416 e. The fraction of sp³-hybridized carbons (Fsp3) is 0.481. The Bertz CT molecular complexity index is 1050. The molecule has 188 valence electrons. The first-order valence-electron chi connectivity index (χ1n) is 12.4. The number of benzene rings is 2. The van der Waals surface area contributed by atoms with Gasteiger partial charge in [-0.05, 0) is 48.7 Å². The maximum Gasteiger partial charge on any atom is 0.416 e. The number of piperidine rings is 2. The normalized spacial score (nSPS) is 23.6. The minimum absolute atomic E-state index is 0.00720. The first-order valence-corrected chi connectivity index (χ1v) is 12.4. The zero-order valence-corrected chi connectivity index (χ0v) is 20.0. The van der Waals surface area contributed by atoms with E-state index in [2.05, 4.69) is 17.6 Å². The lowest BCUT2D eigenvalue weighted by molar-refractivity contribution is -0.884. The molecule has 2 aromatic rings. The van der Waals surface area contributed by atoms with E-state index in [0.717, 1.165) is 57.9 Å². The molecule has 2 aliphatic rings. The van der Waals surface area contributed by atoms with Gasteiger partial charge in [-0.2, -0.15) is 13.2 Å². The van der Waals surface area contributed by atoms with Gasteiger partial charge < -0.3 is 10.6 Å². The molecular weight excluding hydrogens is 455 g/mol. The Morgan fingerprint density at radius 2 is 1.66 bits per heavy atom. The fourth-order valence-electron chi connectivity index (χ4n) is 5.69. The zero-order chi connectivity index (χ0) is 25.1. The van der Waals surface area contributed by atoms with Crippen molar-refractivity contribution in [3.63, 3.8) is 0 Å². The van der Waals surface area contributed by atoms with Crippen LogP contribution in [0.2, 0.25) is 0 Å². The molecule has 2 N–H and O–H groups in total. The molecule has 0 saturated carbocycles. The van der Waals surface area contributed by atoms with E-state index >= 15 is 0 Å². The maximum atomic E-state index is 13.8. The van der Waals surface area contributed by atoms with E-state index in [1.807, 2.05) is 0 Å². The summed E-state index contributed by atoms with van der Waals surface area (Å²) in [6.07, 6.45) is -0.384. The number of carbonyl (C=O) groups is 2. The van der Waals surface area contributed by atoms with Gasteiger partial charge in [-0.15, -0.1) is 0 Å². The molecule has 0 aromatic heterocycles. The van der Waals surface area contributed by atoms with E-state index in [4.69, 9.17) is 0 Å². The van der Waals surface area contributed by atoms with E-state index in [9.17, 15) is 22.8 Å². The molecule has 2 aliphatic heterocycles. The second-order valence-corrected chi connectivity index (χ2v) is 9.89. The van der Waals surface area contributed by atoms with Crippen molar-refractivity contribution >= 4 is 11.8 Å². The van der Waals surface area contributed by atoms with Crippen LogP contribution in [0.5, 0.6) is 0 Å². The first-order chi connectivity index (χ1) is 16.7. The molecule has 2 saturated heterocycles. The molecule has 2 aromatic carbocycles. The number of alkyl halides is 3. The zero-order valence-electron chi connectivity index (χ0n) is 20.0. The molecule has 2 unspecified atom stereocenters. The predicted molar refractivity (Wildman–Crippen MR) is 128 cm³/mol. The number of quaternary nitrogens is 1. The molecule has 4 rings (SSSR count). The Kier molecular flexibility index (Phi) is 7.62. The molecule has 8 heteroatoms. The summed E-state index contributed by atoms with van der Waals surface area (Å²) in [6, 6.07) is 12.0. The number of nitrogens with one attached hydrogen (secondary N) is 2. The summed E-state index contributed by atoms with van der Waals surface area (Å²) >= 11 is 0. The highest BCUT2D eigenvalue weighted by Gasteiger charge is 2.47. The van der Waals surface area contributed by atoms with Crippen molar-refractivity contribution in [3.8, 4) is 0 Å². The molecular formula is C27H33F3N3O2+. The van der Waals surface area contributed by atoms with E-state index in [1.54, 1.807) is 24.3 Å². The molecule has 0 spiro atoms. The lowest BCUT2D eigenvalue weighted by Crippen LogP contribution is -2.65. The van der Waals surface area contributed by atoms with Crippen molar-refractivity contribution in [1.82, 2.24) is 10.6 Å². The molecule has 2 heterocycles. The third-order valence-corrected chi connectivity index (χ3v) is 7.46.